The highest BCUT2D eigenvalue weighted by atomic mass is 32.2. The molecule has 3 aromatic rings. The molecule has 4 rings (SSSR count). The van der Waals surface area contributed by atoms with Crippen LogP contribution in [0.2, 0.25) is 0 Å². The summed E-state index contributed by atoms with van der Waals surface area (Å²) in [5, 5.41) is 9.73. The average molecular weight is 389 g/mol. The lowest BCUT2D eigenvalue weighted by Crippen LogP contribution is -2.37. The van der Waals surface area contributed by atoms with E-state index in [0.717, 1.165) is 46.5 Å². The van der Waals surface area contributed by atoms with Crippen LogP contribution < -0.4 is 4.90 Å². The van der Waals surface area contributed by atoms with Crippen LogP contribution in [0.15, 0.2) is 33.8 Å². The van der Waals surface area contributed by atoms with Crippen LogP contribution in [-0.4, -0.2) is 50.4 Å². The maximum Gasteiger partial charge on any atom is 0.232 e. The second-order valence-corrected chi connectivity index (χ2v) is 7.95. The van der Waals surface area contributed by atoms with Crippen LogP contribution in [0.4, 0.5) is 5.95 Å². The van der Waals surface area contributed by atoms with Crippen molar-refractivity contribution in [1.82, 2.24) is 24.1 Å². The Hall–Kier alpha value is -1.97. The predicted molar refractivity (Wildman–Crippen MR) is 103 cm³/mol. The van der Waals surface area contributed by atoms with Crippen LogP contribution in [0, 0.1) is 6.92 Å². The summed E-state index contributed by atoms with van der Waals surface area (Å²) in [5.74, 6) is 1.71. The molecule has 0 atom stereocenters. The summed E-state index contributed by atoms with van der Waals surface area (Å²) in [6, 6.07) is 8.41. The maximum absolute atomic E-state index is 5.48. The minimum absolute atomic E-state index is 0.708. The third-order valence-corrected chi connectivity index (χ3v) is 5.88. The van der Waals surface area contributed by atoms with Gasteiger partial charge in [-0.3, -0.25) is 4.57 Å². The van der Waals surface area contributed by atoms with Gasteiger partial charge in [-0.2, -0.15) is 4.37 Å². The van der Waals surface area contributed by atoms with E-state index in [1.165, 1.54) is 28.9 Å². The second kappa shape index (κ2) is 7.73. The zero-order valence-electron chi connectivity index (χ0n) is 14.8. The number of morpholine rings is 1. The number of nitrogens with zero attached hydrogens (tertiary/aromatic N) is 6. The number of ether oxygens (including phenoxy) is 1. The van der Waals surface area contributed by atoms with Gasteiger partial charge in [0.2, 0.25) is 11.1 Å². The van der Waals surface area contributed by atoms with Crippen molar-refractivity contribution in [2.24, 2.45) is 0 Å². The summed E-state index contributed by atoms with van der Waals surface area (Å²) in [4.78, 5) is 6.77. The van der Waals surface area contributed by atoms with Gasteiger partial charge < -0.3 is 9.64 Å². The Kier molecular flexibility index (Phi) is 5.18. The first-order chi connectivity index (χ1) is 12.7. The summed E-state index contributed by atoms with van der Waals surface area (Å²) >= 11 is 2.92. The molecule has 0 saturated carbocycles. The van der Waals surface area contributed by atoms with E-state index >= 15 is 0 Å². The fourth-order valence-electron chi connectivity index (χ4n) is 2.72. The molecule has 26 heavy (non-hydrogen) atoms. The summed E-state index contributed by atoms with van der Waals surface area (Å²) < 4.78 is 12.8. The lowest BCUT2D eigenvalue weighted by Gasteiger charge is -2.27. The Morgan fingerprint density at radius 3 is 2.62 bits per heavy atom. The highest BCUT2D eigenvalue weighted by molar-refractivity contribution is 8.00. The predicted octanol–water partition coefficient (Wildman–Crippen LogP) is 2.98. The molecule has 1 aromatic carbocycles. The third kappa shape index (κ3) is 3.60. The van der Waals surface area contributed by atoms with E-state index in [1.54, 1.807) is 0 Å². The quantitative estimate of drug-likeness (QED) is 0.665. The highest BCUT2D eigenvalue weighted by Crippen LogP contribution is 2.32. The second-order valence-electron chi connectivity index (χ2n) is 5.99. The molecule has 1 fully saturated rings. The molecule has 136 valence electrons. The van der Waals surface area contributed by atoms with Crippen molar-refractivity contribution in [3.05, 3.63) is 35.7 Å². The molecule has 9 heteroatoms. The Balaban J connectivity index is 1.72. The van der Waals surface area contributed by atoms with E-state index in [2.05, 4.69) is 67.1 Å². The molecule has 0 unspecified atom stereocenters. The Morgan fingerprint density at radius 2 is 1.92 bits per heavy atom. The molecular formula is C17H20N6OS2. The molecule has 0 radical (unpaired) electrons. The van der Waals surface area contributed by atoms with E-state index in [1.807, 2.05) is 0 Å². The zero-order valence-corrected chi connectivity index (χ0v) is 16.4. The molecule has 2 aromatic heterocycles. The molecule has 1 aliphatic rings. The summed E-state index contributed by atoms with van der Waals surface area (Å²) in [5.41, 5.74) is 2.27. The molecule has 7 nitrogen and oxygen atoms in total. The van der Waals surface area contributed by atoms with Crippen molar-refractivity contribution in [2.75, 3.05) is 31.2 Å². The summed E-state index contributed by atoms with van der Waals surface area (Å²) in [7, 11) is 0. The molecule has 0 bridgehead atoms. The maximum atomic E-state index is 5.48. The van der Waals surface area contributed by atoms with Gasteiger partial charge in [-0.05, 0) is 42.4 Å². The molecule has 1 saturated heterocycles. The Morgan fingerprint density at radius 1 is 1.15 bits per heavy atom. The van der Waals surface area contributed by atoms with Crippen molar-refractivity contribution in [1.29, 1.82) is 0 Å². The van der Waals surface area contributed by atoms with Crippen LogP contribution >= 0.6 is 23.3 Å². The topological polar surface area (TPSA) is 69.0 Å². The first-order valence-electron chi connectivity index (χ1n) is 8.60. The minimum Gasteiger partial charge on any atom is -0.378 e. The number of rotatable bonds is 5. The normalized spacial score (nSPS) is 14.8. The number of hydrogen-bond acceptors (Lipinski definition) is 8. The number of aromatic nitrogens is 5. The van der Waals surface area contributed by atoms with Crippen molar-refractivity contribution >= 4 is 29.2 Å². The largest absolute Gasteiger partial charge is 0.378 e. The standard InChI is InChI=1S/C17H20N6OS2/c1-3-14-18-17(26-21-14)25-16-20-19-15(22-8-10-24-11-9-22)23(16)13-6-4-12(2)5-7-13/h4-7H,3,8-11H2,1-2H3. The summed E-state index contributed by atoms with van der Waals surface area (Å²) in [6.45, 7) is 7.18. The Bertz CT molecular complexity index is 870. The van der Waals surface area contributed by atoms with Crippen LogP contribution in [0.25, 0.3) is 5.69 Å². The van der Waals surface area contributed by atoms with Crippen molar-refractivity contribution in [3.8, 4) is 5.69 Å². The number of anilines is 1. The van der Waals surface area contributed by atoms with Crippen LogP contribution in [-0.2, 0) is 11.2 Å². The molecular weight excluding hydrogens is 368 g/mol. The van der Waals surface area contributed by atoms with Gasteiger partial charge in [-0.15, -0.1) is 10.2 Å². The molecule has 0 N–H and O–H groups in total. The fourth-order valence-corrected chi connectivity index (χ4v) is 4.37. The third-order valence-electron chi connectivity index (χ3n) is 4.15. The first-order valence-corrected chi connectivity index (χ1v) is 10.2. The van der Waals surface area contributed by atoms with Gasteiger partial charge in [-0.25, -0.2) is 4.98 Å². The first kappa shape index (κ1) is 17.4. The van der Waals surface area contributed by atoms with Gasteiger partial charge >= 0.3 is 0 Å². The van der Waals surface area contributed by atoms with Crippen LogP contribution in [0.3, 0.4) is 0 Å². The summed E-state index contributed by atoms with van der Waals surface area (Å²) in [6.07, 6.45) is 0.834. The monoisotopic (exact) mass is 388 g/mol. The number of hydrogen-bond donors (Lipinski definition) is 0. The van der Waals surface area contributed by atoms with Crippen molar-refractivity contribution < 1.29 is 4.74 Å². The fraction of sp³-hybridized carbons (Fsp3) is 0.412. The van der Waals surface area contributed by atoms with Gasteiger partial charge in [0.15, 0.2) is 4.34 Å². The molecule has 3 heterocycles. The van der Waals surface area contributed by atoms with E-state index in [9.17, 15) is 0 Å². The smallest absolute Gasteiger partial charge is 0.232 e. The van der Waals surface area contributed by atoms with E-state index in [-0.39, 0.29) is 0 Å². The van der Waals surface area contributed by atoms with Gasteiger partial charge in [0.05, 0.1) is 18.9 Å². The average Bonchev–Trinajstić information content (AvgIpc) is 3.30. The van der Waals surface area contributed by atoms with E-state index in [0.29, 0.717) is 13.2 Å². The van der Waals surface area contributed by atoms with Crippen molar-refractivity contribution in [3.63, 3.8) is 0 Å². The van der Waals surface area contributed by atoms with Gasteiger partial charge in [0.25, 0.3) is 0 Å². The SMILES string of the molecule is CCc1nsc(Sc2nnc(N3CCOCC3)n2-c2ccc(C)cc2)n1. The molecule has 0 amide bonds. The van der Waals surface area contributed by atoms with Gasteiger partial charge in [0, 0.05) is 19.5 Å². The number of benzene rings is 1. The van der Waals surface area contributed by atoms with Gasteiger partial charge in [0.1, 0.15) is 5.82 Å². The molecule has 1 aliphatic heterocycles. The highest BCUT2D eigenvalue weighted by Gasteiger charge is 2.23. The molecule has 0 spiro atoms. The van der Waals surface area contributed by atoms with E-state index < -0.39 is 0 Å². The van der Waals surface area contributed by atoms with Crippen LogP contribution in [0.5, 0.6) is 0 Å². The minimum atomic E-state index is 0.708. The van der Waals surface area contributed by atoms with Gasteiger partial charge in [-0.1, -0.05) is 24.6 Å². The van der Waals surface area contributed by atoms with Crippen LogP contribution in [0.1, 0.15) is 18.3 Å². The lowest BCUT2D eigenvalue weighted by atomic mass is 10.2. The Labute approximate surface area is 160 Å². The lowest BCUT2D eigenvalue weighted by molar-refractivity contribution is 0.122. The molecule has 0 aliphatic carbocycles. The zero-order chi connectivity index (χ0) is 17.9. The number of aryl methyl sites for hydroxylation is 2. The van der Waals surface area contributed by atoms with E-state index in [4.69, 9.17) is 4.74 Å². The van der Waals surface area contributed by atoms with Crippen molar-refractivity contribution in [2.45, 2.75) is 29.8 Å².